The minimum Gasteiger partial charge on any atom is -0.454 e. The number of aromatic nitrogens is 1. The van der Waals surface area contributed by atoms with Crippen molar-refractivity contribution in [2.45, 2.75) is 63.5 Å². The maximum Gasteiger partial charge on any atom is 0.231 e. The number of aliphatic hydroxyl groups excluding tert-OH is 2. The van der Waals surface area contributed by atoms with Crippen LogP contribution in [0, 0.1) is 0 Å². The monoisotopic (exact) mass is 451 g/mol. The number of carbonyl (C=O) groups is 1. The van der Waals surface area contributed by atoms with E-state index in [9.17, 15) is 15.0 Å². The molecule has 1 atom stereocenters. The molecule has 2 heterocycles. The standard InChI is InChI=1S/C27H31NO5/c1-26(2,3)24-12-18-10-17(4-6-21(18)28(24)14-20(30)15-29)11-25(31)27(8-9-27)19-5-7-22-23(13-19)33-16-32-22/h4-7,10,12-13,20,29-30H,8-9,11,14-16H2,1-3H3/t20-/m1/s1/i16D2. The van der Waals surface area contributed by atoms with Gasteiger partial charge in [0.15, 0.2) is 11.5 Å². The Labute approximate surface area is 196 Å². The average molecular weight is 452 g/mol. The summed E-state index contributed by atoms with van der Waals surface area (Å²) in [7, 11) is 0. The molecule has 2 aliphatic rings. The number of Topliss-reactive ketones (excluding diaryl/α,β-unsaturated/α-hetero) is 1. The molecule has 0 amide bonds. The van der Waals surface area contributed by atoms with Gasteiger partial charge >= 0.3 is 0 Å². The van der Waals surface area contributed by atoms with E-state index in [1.165, 1.54) is 0 Å². The van der Waals surface area contributed by atoms with Crippen molar-refractivity contribution in [1.29, 1.82) is 0 Å². The Bertz CT molecular complexity index is 1300. The molecule has 1 aliphatic carbocycles. The fourth-order valence-corrected chi connectivity index (χ4v) is 4.81. The Hall–Kier alpha value is -2.83. The molecular weight excluding hydrogens is 418 g/mol. The van der Waals surface area contributed by atoms with Crippen molar-refractivity contribution >= 4 is 16.7 Å². The van der Waals surface area contributed by atoms with Gasteiger partial charge in [-0.25, -0.2) is 0 Å². The zero-order chi connectivity index (χ0) is 25.2. The third-order valence-electron chi connectivity index (χ3n) is 6.79. The van der Waals surface area contributed by atoms with Crippen LogP contribution in [0.3, 0.4) is 0 Å². The highest BCUT2D eigenvalue weighted by Gasteiger charge is 2.50. The van der Waals surface area contributed by atoms with Gasteiger partial charge in [-0.1, -0.05) is 32.9 Å². The van der Waals surface area contributed by atoms with Crippen molar-refractivity contribution in [3.63, 3.8) is 0 Å². The van der Waals surface area contributed by atoms with E-state index in [-0.39, 0.29) is 17.8 Å². The van der Waals surface area contributed by atoms with E-state index < -0.39 is 18.3 Å². The quantitative estimate of drug-likeness (QED) is 0.570. The number of ketones is 1. The maximum absolute atomic E-state index is 13.5. The number of hydrogen-bond acceptors (Lipinski definition) is 5. The molecular formula is C27H31NO5. The lowest BCUT2D eigenvalue weighted by atomic mass is 9.87. The molecule has 174 valence electrons. The van der Waals surface area contributed by atoms with Gasteiger partial charge in [-0.15, -0.1) is 0 Å². The normalized spacial score (nSPS) is 19.8. The van der Waals surface area contributed by atoms with Gasteiger partial charge in [-0.05, 0) is 54.3 Å². The van der Waals surface area contributed by atoms with Crippen LogP contribution in [0.25, 0.3) is 10.9 Å². The lowest BCUT2D eigenvalue weighted by Crippen LogP contribution is -2.25. The Morgan fingerprint density at radius 1 is 1.15 bits per heavy atom. The summed E-state index contributed by atoms with van der Waals surface area (Å²) in [5, 5.41) is 20.5. The zero-order valence-electron chi connectivity index (χ0n) is 21.2. The smallest absolute Gasteiger partial charge is 0.231 e. The van der Waals surface area contributed by atoms with Gasteiger partial charge in [0, 0.05) is 28.4 Å². The lowest BCUT2D eigenvalue weighted by molar-refractivity contribution is -0.120. The minimum atomic E-state index is -2.19. The third-order valence-corrected chi connectivity index (χ3v) is 6.79. The fraction of sp³-hybridized carbons (Fsp3) is 0.444. The molecule has 0 unspecified atom stereocenters. The van der Waals surface area contributed by atoms with Gasteiger partial charge in [0.05, 0.1) is 24.7 Å². The van der Waals surface area contributed by atoms with Gasteiger partial charge in [0.1, 0.15) is 8.52 Å². The molecule has 1 fully saturated rings. The topological polar surface area (TPSA) is 80.9 Å². The van der Waals surface area contributed by atoms with Crippen LogP contribution >= 0.6 is 0 Å². The highest BCUT2D eigenvalue weighted by Crippen LogP contribution is 2.51. The minimum absolute atomic E-state index is 0.130. The predicted octanol–water partition coefficient (Wildman–Crippen LogP) is 3.86. The number of nitrogens with zero attached hydrogens (tertiary/aromatic N) is 1. The summed E-state index contributed by atoms with van der Waals surface area (Å²) in [4.78, 5) is 13.5. The first-order chi connectivity index (χ1) is 16.4. The van der Waals surface area contributed by atoms with Crippen molar-refractivity contribution in [2.24, 2.45) is 0 Å². The Balaban J connectivity index is 1.42. The molecule has 33 heavy (non-hydrogen) atoms. The predicted molar refractivity (Wildman–Crippen MR) is 126 cm³/mol. The number of benzene rings is 2. The highest BCUT2D eigenvalue weighted by atomic mass is 16.7. The highest BCUT2D eigenvalue weighted by molar-refractivity contribution is 5.95. The number of rotatable bonds is 7. The Morgan fingerprint density at radius 2 is 1.91 bits per heavy atom. The molecule has 6 nitrogen and oxygen atoms in total. The van der Waals surface area contributed by atoms with Crippen LogP contribution in [0.4, 0.5) is 0 Å². The van der Waals surface area contributed by atoms with Crippen LogP contribution < -0.4 is 9.47 Å². The molecule has 2 N–H and O–H groups in total. The molecule has 0 saturated heterocycles. The van der Waals surface area contributed by atoms with Crippen molar-refractivity contribution in [2.75, 3.05) is 13.4 Å². The van der Waals surface area contributed by atoms with E-state index in [0.717, 1.165) is 40.6 Å². The summed E-state index contributed by atoms with van der Waals surface area (Å²) in [6.07, 6.45) is 0.953. The first-order valence-corrected chi connectivity index (χ1v) is 11.4. The maximum atomic E-state index is 13.5. The van der Waals surface area contributed by atoms with E-state index >= 15 is 0 Å². The van der Waals surface area contributed by atoms with Gasteiger partial charge in [0.2, 0.25) is 6.75 Å². The van der Waals surface area contributed by atoms with Crippen LogP contribution in [-0.4, -0.2) is 40.0 Å². The van der Waals surface area contributed by atoms with Crippen molar-refractivity contribution in [1.82, 2.24) is 4.57 Å². The second-order valence-corrected chi connectivity index (χ2v) is 10.3. The number of aliphatic hydroxyl groups is 2. The summed E-state index contributed by atoms with van der Waals surface area (Å²) in [6.45, 7) is 4.15. The molecule has 6 heteroatoms. The van der Waals surface area contributed by atoms with Gasteiger partial charge in [0.25, 0.3) is 0 Å². The molecule has 0 spiro atoms. The molecule has 0 radical (unpaired) electrons. The van der Waals surface area contributed by atoms with Crippen LogP contribution in [0.1, 0.15) is 53.2 Å². The SMILES string of the molecule is [2H]C1([2H])Oc2ccc(C3(C(=O)Cc4ccc5c(c4)cc(C(C)(C)C)n5C[C@@H](O)CO)CC3)cc2O1. The van der Waals surface area contributed by atoms with Crippen molar-refractivity contribution in [3.05, 3.63) is 59.3 Å². The summed E-state index contributed by atoms with van der Waals surface area (Å²) < 4.78 is 27.7. The van der Waals surface area contributed by atoms with Crippen LogP contribution in [0.15, 0.2) is 42.5 Å². The molecule has 0 bridgehead atoms. The Kier molecular flexibility index (Phi) is 4.69. The number of carbonyl (C=O) groups excluding carboxylic acids is 1. The third kappa shape index (κ3) is 3.91. The van der Waals surface area contributed by atoms with Gasteiger partial charge in [-0.3, -0.25) is 4.79 Å². The molecule has 5 rings (SSSR count). The molecule has 2 aromatic carbocycles. The fourth-order valence-electron chi connectivity index (χ4n) is 4.81. The first kappa shape index (κ1) is 19.6. The van der Waals surface area contributed by atoms with E-state index in [4.69, 9.17) is 12.2 Å². The largest absolute Gasteiger partial charge is 0.454 e. The second-order valence-electron chi connectivity index (χ2n) is 10.3. The Morgan fingerprint density at radius 3 is 2.61 bits per heavy atom. The molecule has 1 aliphatic heterocycles. The number of hydrogen-bond donors (Lipinski definition) is 2. The molecule has 3 aromatic rings. The second kappa shape index (κ2) is 7.89. The van der Waals surface area contributed by atoms with Crippen molar-refractivity contribution in [3.8, 4) is 11.5 Å². The van der Waals surface area contributed by atoms with E-state index in [1.54, 1.807) is 12.1 Å². The zero-order valence-corrected chi connectivity index (χ0v) is 19.2. The van der Waals surface area contributed by atoms with Crippen LogP contribution in [-0.2, 0) is 28.6 Å². The van der Waals surface area contributed by atoms with Crippen LogP contribution in [0.5, 0.6) is 11.5 Å². The summed E-state index contributed by atoms with van der Waals surface area (Å²) in [5.41, 5.74) is 3.05. The van der Waals surface area contributed by atoms with E-state index in [0.29, 0.717) is 24.5 Å². The van der Waals surface area contributed by atoms with Crippen LogP contribution in [0.2, 0.25) is 0 Å². The summed E-state index contributed by atoms with van der Waals surface area (Å²) in [5.74, 6) is 0.803. The molecule has 1 aromatic heterocycles. The molecule has 1 saturated carbocycles. The van der Waals surface area contributed by atoms with E-state index in [2.05, 4.69) is 31.4 Å². The first-order valence-electron chi connectivity index (χ1n) is 12.4. The summed E-state index contributed by atoms with van der Waals surface area (Å²) >= 11 is 0. The van der Waals surface area contributed by atoms with Gasteiger partial charge in [-0.2, -0.15) is 0 Å². The van der Waals surface area contributed by atoms with E-state index in [1.807, 2.05) is 24.3 Å². The van der Waals surface area contributed by atoms with Crippen molar-refractivity contribution < 1.29 is 27.2 Å². The van der Waals surface area contributed by atoms with Gasteiger partial charge < -0.3 is 24.3 Å². The number of fused-ring (bicyclic) bond motifs is 2. The lowest BCUT2D eigenvalue weighted by Gasteiger charge is -2.23. The average Bonchev–Trinajstić information content (AvgIpc) is 3.42. The summed E-state index contributed by atoms with van der Waals surface area (Å²) in [6, 6.07) is 13.3. The number of ether oxygens (including phenoxy) is 2.